The summed E-state index contributed by atoms with van der Waals surface area (Å²) in [6, 6.07) is 7.10. The molecular weight excluding hydrogens is 556 g/mol. The van der Waals surface area contributed by atoms with E-state index < -0.39 is 54.7 Å². The Kier molecular flexibility index (Phi) is 8.10. The van der Waals surface area contributed by atoms with E-state index in [1.165, 1.54) is 38.3 Å². The molecule has 15 nitrogen and oxygen atoms in total. The fourth-order valence-corrected chi connectivity index (χ4v) is 5.05. The first-order valence-electron chi connectivity index (χ1n) is 10.0. The largest absolute Gasteiger partial charge is 0.494 e. The van der Waals surface area contributed by atoms with Crippen LogP contribution in [0.25, 0.3) is 0 Å². The molecule has 0 saturated heterocycles. The topological polar surface area (TPSA) is 219 Å². The molecule has 1 aliphatic heterocycles. The fourth-order valence-electron chi connectivity index (χ4n) is 3.06. The van der Waals surface area contributed by atoms with Crippen molar-refractivity contribution in [2.24, 2.45) is 15.3 Å². The van der Waals surface area contributed by atoms with E-state index in [-0.39, 0.29) is 32.6 Å². The average molecular weight is 577 g/mol. The highest BCUT2D eigenvalue weighted by molar-refractivity contribution is 7.91. The monoisotopic (exact) mass is 576 g/mol. The molecule has 0 spiro atoms. The molecule has 0 saturated carbocycles. The third-order valence-corrected chi connectivity index (χ3v) is 7.86. The highest BCUT2D eigenvalue weighted by atomic mass is 32.3. The Morgan fingerprint density at radius 3 is 2.19 bits per heavy atom. The van der Waals surface area contributed by atoms with Gasteiger partial charge in [-0.05, 0) is 49.4 Å². The number of benzene rings is 2. The Morgan fingerprint density at radius 1 is 1.00 bits per heavy atom. The molecule has 18 heteroatoms. The number of anilines is 1. The number of azo groups is 1. The van der Waals surface area contributed by atoms with Crippen LogP contribution in [-0.2, 0) is 39.3 Å². The van der Waals surface area contributed by atoms with E-state index in [4.69, 9.17) is 13.8 Å². The lowest BCUT2D eigenvalue weighted by atomic mass is 10.2. The van der Waals surface area contributed by atoms with Crippen LogP contribution in [0.1, 0.15) is 6.92 Å². The molecule has 0 aliphatic carbocycles. The first kappa shape index (κ1) is 28.3. The summed E-state index contributed by atoms with van der Waals surface area (Å²) in [5.41, 5.74) is 0.376. The molecule has 2 aromatic carbocycles. The van der Waals surface area contributed by atoms with E-state index in [2.05, 4.69) is 19.5 Å². The first-order valence-corrected chi connectivity index (χ1v) is 14.5. The van der Waals surface area contributed by atoms with Gasteiger partial charge in [0.2, 0.25) is 0 Å². The molecule has 0 radical (unpaired) electrons. The SMILES string of the molecule is COc1ccc(S(=O)(=O)CCOS(=O)(=O)O)cc1N=N[C@@H]1C(=O)N(c2ccc(S(=O)(=O)O)cc2)N=C1C. The molecule has 0 aromatic heterocycles. The summed E-state index contributed by atoms with van der Waals surface area (Å²) in [6.45, 7) is 0.679. The molecule has 1 amide bonds. The number of carbonyl (C=O) groups is 1. The number of hydrogen-bond donors (Lipinski definition) is 2. The van der Waals surface area contributed by atoms with Crippen molar-refractivity contribution in [3.05, 3.63) is 42.5 Å². The van der Waals surface area contributed by atoms with Gasteiger partial charge in [0.05, 0.1) is 40.7 Å². The smallest absolute Gasteiger partial charge is 0.397 e. The zero-order chi connectivity index (χ0) is 27.6. The minimum Gasteiger partial charge on any atom is -0.494 e. The number of nitrogens with zero attached hydrogens (tertiary/aromatic N) is 4. The number of methoxy groups -OCH3 is 1. The van der Waals surface area contributed by atoms with Crippen LogP contribution in [0.4, 0.5) is 11.4 Å². The molecule has 1 aliphatic rings. The van der Waals surface area contributed by atoms with Crippen LogP contribution < -0.4 is 9.75 Å². The minimum absolute atomic E-state index is 0.0594. The van der Waals surface area contributed by atoms with E-state index in [1.807, 2.05) is 0 Å². The minimum atomic E-state index is -4.81. The van der Waals surface area contributed by atoms with Crippen molar-refractivity contribution in [2.45, 2.75) is 22.8 Å². The van der Waals surface area contributed by atoms with Gasteiger partial charge in [-0.1, -0.05) is 0 Å². The second kappa shape index (κ2) is 10.6. The quantitative estimate of drug-likeness (QED) is 0.304. The maximum atomic E-state index is 12.9. The van der Waals surface area contributed by atoms with E-state index in [0.29, 0.717) is 0 Å². The maximum absolute atomic E-state index is 12.9. The normalized spacial score (nSPS) is 16.9. The van der Waals surface area contributed by atoms with Gasteiger partial charge in [0.1, 0.15) is 11.4 Å². The van der Waals surface area contributed by atoms with Crippen molar-refractivity contribution in [2.75, 3.05) is 24.5 Å². The van der Waals surface area contributed by atoms with Gasteiger partial charge in [0.25, 0.3) is 16.0 Å². The van der Waals surface area contributed by atoms with Crippen molar-refractivity contribution in [1.82, 2.24) is 0 Å². The fraction of sp³-hybridized carbons (Fsp3) is 0.263. The van der Waals surface area contributed by atoms with E-state index in [1.54, 1.807) is 0 Å². The molecule has 0 unspecified atom stereocenters. The summed E-state index contributed by atoms with van der Waals surface area (Å²) in [4.78, 5) is 12.2. The summed E-state index contributed by atoms with van der Waals surface area (Å²) in [7, 11) is -12.0. The number of ether oxygens (including phenoxy) is 1. The number of rotatable bonds is 10. The Hall–Kier alpha value is -3.29. The third-order valence-electron chi connectivity index (χ3n) is 4.85. The lowest BCUT2D eigenvalue weighted by molar-refractivity contribution is -0.117. The lowest BCUT2D eigenvalue weighted by Gasteiger charge is -2.13. The van der Waals surface area contributed by atoms with Gasteiger partial charge in [0.15, 0.2) is 15.9 Å². The molecule has 0 fully saturated rings. The number of carbonyl (C=O) groups excluding carboxylic acids is 1. The van der Waals surface area contributed by atoms with Gasteiger partial charge in [-0.3, -0.25) is 13.9 Å². The van der Waals surface area contributed by atoms with Crippen molar-refractivity contribution in [3.63, 3.8) is 0 Å². The van der Waals surface area contributed by atoms with Crippen molar-refractivity contribution in [3.8, 4) is 5.75 Å². The molecule has 0 bridgehead atoms. The Morgan fingerprint density at radius 2 is 1.62 bits per heavy atom. The highest BCUT2D eigenvalue weighted by Gasteiger charge is 2.35. The molecular formula is C19H20N4O11S3. The van der Waals surface area contributed by atoms with E-state index >= 15 is 0 Å². The van der Waals surface area contributed by atoms with Gasteiger partial charge in [-0.25, -0.2) is 12.6 Å². The molecule has 2 aromatic rings. The first-order chi connectivity index (χ1) is 17.1. The van der Waals surface area contributed by atoms with E-state index in [0.717, 1.165) is 23.2 Å². The third kappa shape index (κ3) is 6.93. The van der Waals surface area contributed by atoms with Crippen LogP contribution in [-0.4, -0.2) is 71.5 Å². The predicted molar refractivity (Wildman–Crippen MR) is 128 cm³/mol. The second-order valence-electron chi connectivity index (χ2n) is 7.38. The second-order valence-corrected chi connectivity index (χ2v) is 12.0. The van der Waals surface area contributed by atoms with Crippen LogP contribution >= 0.6 is 0 Å². The lowest BCUT2D eigenvalue weighted by Crippen LogP contribution is -2.29. The van der Waals surface area contributed by atoms with Crippen molar-refractivity contribution >= 4 is 53.3 Å². The Bertz CT molecular complexity index is 1580. The van der Waals surface area contributed by atoms with Crippen molar-refractivity contribution < 1.29 is 48.1 Å². The molecule has 200 valence electrons. The number of sulfone groups is 1. The van der Waals surface area contributed by atoms with Crippen LogP contribution in [0.3, 0.4) is 0 Å². The number of hydrazone groups is 1. The van der Waals surface area contributed by atoms with E-state index in [9.17, 15) is 30.0 Å². The average Bonchev–Trinajstić information content (AvgIpc) is 3.09. The van der Waals surface area contributed by atoms with Gasteiger partial charge in [-0.15, -0.1) is 0 Å². The summed E-state index contributed by atoms with van der Waals surface area (Å²) < 4.78 is 95.6. The summed E-state index contributed by atoms with van der Waals surface area (Å²) in [5, 5.41) is 13.0. The van der Waals surface area contributed by atoms with Gasteiger partial charge in [-0.2, -0.15) is 37.2 Å². The molecule has 1 heterocycles. The summed E-state index contributed by atoms with van der Waals surface area (Å²) in [6.07, 6.45) is 0. The molecule has 2 N–H and O–H groups in total. The zero-order valence-electron chi connectivity index (χ0n) is 19.1. The highest BCUT2D eigenvalue weighted by Crippen LogP contribution is 2.32. The van der Waals surface area contributed by atoms with Crippen LogP contribution in [0.5, 0.6) is 5.75 Å². The maximum Gasteiger partial charge on any atom is 0.397 e. The van der Waals surface area contributed by atoms with Crippen LogP contribution in [0.2, 0.25) is 0 Å². The number of hydrogen-bond acceptors (Lipinski definition) is 12. The van der Waals surface area contributed by atoms with Gasteiger partial charge >= 0.3 is 10.4 Å². The standard InChI is InChI=1S/C19H20N4O11S3/c1-12-18(19(24)23(22-12)13-3-5-14(6-4-13)36(27,28)29)21-20-16-11-15(7-8-17(16)33-2)35(25,26)10-9-34-37(30,31)32/h3-8,11,18H,9-10H2,1-2H3,(H,27,28,29)(H,30,31,32)/t18-/m0/s1. The molecule has 37 heavy (non-hydrogen) atoms. The van der Waals surface area contributed by atoms with Gasteiger partial charge < -0.3 is 4.74 Å². The van der Waals surface area contributed by atoms with Crippen molar-refractivity contribution in [1.29, 1.82) is 0 Å². The van der Waals surface area contributed by atoms with Crippen LogP contribution in [0, 0.1) is 0 Å². The molecule has 3 rings (SSSR count). The summed E-state index contributed by atoms with van der Waals surface area (Å²) >= 11 is 0. The molecule has 1 atom stereocenters. The van der Waals surface area contributed by atoms with Crippen LogP contribution in [0.15, 0.2) is 67.6 Å². The Labute approximate surface area is 212 Å². The zero-order valence-corrected chi connectivity index (χ0v) is 21.6. The van der Waals surface area contributed by atoms with Gasteiger partial charge in [0, 0.05) is 0 Å². The summed E-state index contributed by atoms with van der Waals surface area (Å²) in [5.74, 6) is -1.28. The Balaban J connectivity index is 1.83. The predicted octanol–water partition coefficient (Wildman–Crippen LogP) is 1.41. The number of amides is 1.